The first-order valence-electron chi connectivity index (χ1n) is 8.78. The van der Waals surface area contributed by atoms with E-state index in [4.69, 9.17) is 4.74 Å². The van der Waals surface area contributed by atoms with Crippen LogP contribution in [0.3, 0.4) is 0 Å². The third-order valence-corrected chi connectivity index (χ3v) is 6.14. The van der Waals surface area contributed by atoms with E-state index in [-0.39, 0.29) is 11.4 Å². The molecule has 0 aromatic heterocycles. The molecule has 2 amide bonds. The number of sulfonamides is 1. The van der Waals surface area contributed by atoms with Gasteiger partial charge in [0.15, 0.2) is 0 Å². The van der Waals surface area contributed by atoms with Gasteiger partial charge in [-0.15, -0.1) is 0 Å². The van der Waals surface area contributed by atoms with Crippen LogP contribution in [0.1, 0.15) is 5.56 Å². The van der Waals surface area contributed by atoms with Crippen molar-refractivity contribution < 1.29 is 22.7 Å². The standard InChI is InChI=1S/C19H21N3O5S/c23-18(19(24)21-16-4-2-1-3-5-16)20-14-15-6-8-17(9-7-15)28(25,26)22-10-12-27-13-11-22/h1-9H,10-14H2,(H,20,23)(H,21,24). The van der Waals surface area contributed by atoms with Gasteiger partial charge in [0.2, 0.25) is 10.0 Å². The Morgan fingerprint density at radius 2 is 1.57 bits per heavy atom. The van der Waals surface area contributed by atoms with E-state index in [2.05, 4.69) is 10.6 Å². The average molecular weight is 403 g/mol. The van der Waals surface area contributed by atoms with E-state index in [1.54, 1.807) is 42.5 Å². The second kappa shape index (κ2) is 8.96. The van der Waals surface area contributed by atoms with Crippen LogP contribution in [0.5, 0.6) is 0 Å². The van der Waals surface area contributed by atoms with Crippen molar-refractivity contribution in [3.63, 3.8) is 0 Å². The number of carbonyl (C=O) groups excluding carboxylic acids is 2. The van der Waals surface area contributed by atoms with Crippen molar-refractivity contribution in [3.8, 4) is 0 Å². The van der Waals surface area contributed by atoms with E-state index in [0.29, 0.717) is 37.6 Å². The normalized spacial score (nSPS) is 15.0. The molecule has 28 heavy (non-hydrogen) atoms. The lowest BCUT2D eigenvalue weighted by molar-refractivity contribution is -0.136. The molecule has 0 bridgehead atoms. The Kier molecular flexibility index (Phi) is 6.40. The van der Waals surface area contributed by atoms with Crippen LogP contribution in [0.15, 0.2) is 59.5 Å². The monoisotopic (exact) mass is 403 g/mol. The maximum absolute atomic E-state index is 12.6. The van der Waals surface area contributed by atoms with Crippen LogP contribution < -0.4 is 10.6 Å². The first-order valence-corrected chi connectivity index (χ1v) is 10.2. The van der Waals surface area contributed by atoms with Gasteiger partial charge in [-0.05, 0) is 29.8 Å². The van der Waals surface area contributed by atoms with Gasteiger partial charge in [-0.25, -0.2) is 8.42 Å². The molecule has 3 rings (SSSR count). The first-order chi connectivity index (χ1) is 13.5. The second-order valence-electron chi connectivity index (χ2n) is 6.16. The van der Waals surface area contributed by atoms with E-state index < -0.39 is 21.8 Å². The molecule has 1 aliphatic rings. The summed E-state index contributed by atoms with van der Waals surface area (Å²) < 4.78 is 31.7. The van der Waals surface area contributed by atoms with Crippen LogP contribution in [-0.4, -0.2) is 50.8 Å². The van der Waals surface area contributed by atoms with Crippen LogP contribution in [0.2, 0.25) is 0 Å². The third kappa shape index (κ3) is 4.94. The van der Waals surface area contributed by atoms with Gasteiger partial charge >= 0.3 is 11.8 Å². The summed E-state index contributed by atoms with van der Waals surface area (Å²) in [7, 11) is -3.56. The summed E-state index contributed by atoms with van der Waals surface area (Å²) in [6, 6.07) is 14.9. The number of nitrogens with one attached hydrogen (secondary N) is 2. The maximum Gasteiger partial charge on any atom is 0.313 e. The molecule has 2 aromatic carbocycles. The molecule has 2 aromatic rings. The number of carbonyl (C=O) groups is 2. The molecular weight excluding hydrogens is 382 g/mol. The maximum atomic E-state index is 12.6. The zero-order chi connectivity index (χ0) is 20.0. The molecule has 8 nitrogen and oxygen atoms in total. The number of hydrogen-bond donors (Lipinski definition) is 2. The number of amides is 2. The number of rotatable bonds is 5. The number of hydrogen-bond acceptors (Lipinski definition) is 5. The third-order valence-electron chi connectivity index (χ3n) is 4.22. The molecular formula is C19H21N3O5S. The van der Waals surface area contributed by atoms with Crippen molar-refractivity contribution >= 4 is 27.5 Å². The Bertz CT molecular complexity index is 924. The van der Waals surface area contributed by atoms with Crippen LogP contribution >= 0.6 is 0 Å². The summed E-state index contributed by atoms with van der Waals surface area (Å²) in [6.07, 6.45) is 0. The largest absolute Gasteiger partial charge is 0.379 e. The molecule has 0 atom stereocenters. The minimum atomic E-state index is -3.56. The average Bonchev–Trinajstić information content (AvgIpc) is 2.73. The highest BCUT2D eigenvalue weighted by Gasteiger charge is 2.26. The van der Waals surface area contributed by atoms with Gasteiger partial charge in [-0.3, -0.25) is 9.59 Å². The number of ether oxygens (including phenoxy) is 1. The lowest BCUT2D eigenvalue weighted by atomic mass is 10.2. The summed E-state index contributed by atoms with van der Waals surface area (Å²) >= 11 is 0. The Hall–Kier alpha value is -2.75. The quantitative estimate of drug-likeness (QED) is 0.724. The van der Waals surface area contributed by atoms with E-state index in [0.717, 1.165) is 0 Å². The van der Waals surface area contributed by atoms with Crippen molar-refractivity contribution in [1.82, 2.24) is 9.62 Å². The van der Waals surface area contributed by atoms with Crippen LogP contribution in [-0.2, 0) is 30.9 Å². The number of benzene rings is 2. The van der Waals surface area contributed by atoms with Gasteiger partial charge in [0.25, 0.3) is 0 Å². The Labute approximate surface area is 163 Å². The summed E-state index contributed by atoms with van der Waals surface area (Å²) in [6.45, 7) is 1.54. The number of nitrogens with zero attached hydrogens (tertiary/aromatic N) is 1. The van der Waals surface area contributed by atoms with Gasteiger partial charge in [0.05, 0.1) is 18.1 Å². The molecule has 1 saturated heterocycles. The molecule has 1 aliphatic heterocycles. The lowest BCUT2D eigenvalue weighted by Crippen LogP contribution is -2.40. The van der Waals surface area contributed by atoms with Crippen molar-refractivity contribution in [2.75, 3.05) is 31.6 Å². The molecule has 0 unspecified atom stereocenters. The Balaban J connectivity index is 1.55. The van der Waals surface area contributed by atoms with Crippen LogP contribution in [0.4, 0.5) is 5.69 Å². The summed E-state index contributed by atoms with van der Waals surface area (Å²) in [5.74, 6) is -1.54. The molecule has 2 N–H and O–H groups in total. The van der Waals surface area contributed by atoms with Crippen molar-refractivity contribution in [1.29, 1.82) is 0 Å². The smallest absolute Gasteiger partial charge is 0.313 e. The molecule has 9 heteroatoms. The SMILES string of the molecule is O=C(NCc1ccc(S(=O)(=O)N2CCOCC2)cc1)C(=O)Nc1ccccc1. The fourth-order valence-corrected chi connectivity index (χ4v) is 4.10. The fourth-order valence-electron chi connectivity index (χ4n) is 2.69. The van der Waals surface area contributed by atoms with E-state index in [1.165, 1.54) is 16.4 Å². The number of morpholine rings is 1. The number of para-hydroxylation sites is 1. The molecule has 0 spiro atoms. The molecule has 0 saturated carbocycles. The van der Waals surface area contributed by atoms with Gasteiger partial charge < -0.3 is 15.4 Å². The molecule has 0 radical (unpaired) electrons. The topological polar surface area (TPSA) is 105 Å². The van der Waals surface area contributed by atoms with Gasteiger partial charge in [0.1, 0.15) is 0 Å². The van der Waals surface area contributed by atoms with Crippen molar-refractivity contribution in [3.05, 3.63) is 60.2 Å². The second-order valence-corrected chi connectivity index (χ2v) is 8.10. The predicted molar refractivity (Wildman–Crippen MR) is 103 cm³/mol. The van der Waals surface area contributed by atoms with E-state index >= 15 is 0 Å². The number of anilines is 1. The minimum Gasteiger partial charge on any atom is -0.379 e. The summed E-state index contributed by atoms with van der Waals surface area (Å²) in [5, 5.41) is 5.01. The van der Waals surface area contributed by atoms with Gasteiger partial charge in [-0.1, -0.05) is 30.3 Å². The predicted octanol–water partition coefficient (Wildman–Crippen LogP) is 0.962. The van der Waals surface area contributed by atoms with Gasteiger partial charge in [0, 0.05) is 25.3 Å². The molecule has 0 aliphatic carbocycles. The van der Waals surface area contributed by atoms with E-state index in [1.807, 2.05) is 0 Å². The fraction of sp³-hybridized carbons (Fsp3) is 0.263. The summed E-state index contributed by atoms with van der Waals surface area (Å²) in [5.41, 5.74) is 1.21. The van der Waals surface area contributed by atoms with Gasteiger partial charge in [-0.2, -0.15) is 4.31 Å². The van der Waals surface area contributed by atoms with Crippen molar-refractivity contribution in [2.24, 2.45) is 0 Å². The highest BCUT2D eigenvalue weighted by Crippen LogP contribution is 2.17. The van der Waals surface area contributed by atoms with Crippen LogP contribution in [0.25, 0.3) is 0 Å². The molecule has 1 heterocycles. The zero-order valence-corrected chi connectivity index (χ0v) is 15.9. The van der Waals surface area contributed by atoms with Crippen LogP contribution in [0, 0.1) is 0 Å². The first kappa shape index (κ1) is 20.0. The Morgan fingerprint density at radius 1 is 0.929 bits per heavy atom. The Morgan fingerprint density at radius 3 is 2.21 bits per heavy atom. The minimum absolute atomic E-state index is 0.110. The zero-order valence-electron chi connectivity index (χ0n) is 15.1. The highest BCUT2D eigenvalue weighted by molar-refractivity contribution is 7.89. The lowest BCUT2D eigenvalue weighted by Gasteiger charge is -2.26. The highest BCUT2D eigenvalue weighted by atomic mass is 32.2. The van der Waals surface area contributed by atoms with E-state index in [9.17, 15) is 18.0 Å². The molecule has 1 fully saturated rings. The van der Waals surface area contributed by atoms with Crippen molar-refractivity contribution in [2.45, 2.75) is 11.4 Å². The summed E-state index contributed by atoms with van der Waals surface area (Å²) in [4.78, 5) is 24.0. The molecule has 148 valence electrons.